The van der Waals surface area contributed by atoms with Gasteiger partial charge in [0.05, 0.1) is 19.2 Å². The fraction of sp³-hybridized carbons (Fsp3) is 0.154. The van der Waals surface area contributed by atoms with Crippen molar-refractivity contribution in [1.29, 1.82) is 0 Å². The van der Waals surface area contributed by atoms with Crippen molar-refractivity contribution in [2.75, 3.05) is 7.11 Å². The highest BCUT2D eigenvalue weighted by atomic mass is 19.1. The number of methoxy groups -OCH3 is 1. The minimum absolute atomic E-state index is 0.104. The van der Waals surface area contributed by atoms with E-state index >= 15 is 0 Å². The van der Waals surface area contributed by atoms with Gasteiger partial charge in [0.2, 0.25) is 0 Å². The van der Waals surface area contributed by atoms with Crippen LogP contribution in [0.25, 0.3) is 5.57 Å². The standard InChI is InChI=1S/C26H22FNO3/c1-31-22-14-10-20(11-15-22)24-23(16-9-18-5-3-2-4-6-18)25(29)28(26(24)30)17-19-7-12-21(27)13-8-19/h2-8,10-15H,9,16-17H2,1H3. The average Bonchev–Trinajstić information content (AvgIpc) is 3.04. The van der Waals surface area contributed by atoms with Crippen molar-refractivity contribution < 1.29 is 18.7 Å². The molecule has 3 aromatic carbocycles. The number of hydrogen-bond acceptors (Lipinski definition) is 3. The highest BCUT2D eigenvalue weighted by molar-refractivity contribution is 6.35. The van der Waals surface area contributed by atoms with Gasteiger partial charge >= 0.3 is 0 Å². The number of amides is 2. The van der Waals surface area contributed by atoms with Crippen LogP contribution in [0.15, 0.2) is 84.4 Å². The van der Waals surface area contributed by atoms with Crippen LogP contribution < -0.4 is 4.74 Å². The topological polar surface area (TPSA) is 46.6 Å². The fourth-order valence-electron chi connectivity index (χ4n) is 3.74. The van der Waals surface area contributed by atoms with Gasteiger partial charge in [0, 0.05) is 5.57 Å². The number of rotatable bonds is 7. The van der Waals surface area contributed by atoms with Crippen molar-refractivity contribution in [2.45, 2.75) is 19.4 Å². The van der Waals surface area contributed by atoms with E-state index in [1.54, 1.807) is 43.5 Å². The third kappa shape index (κ3) is 4.40. The summed E-state index contributed by atoms with van der Waals surface area (Å²) in [4.78, 5) is 27.8. The Morgan fingerprint density at radius 2 is 1.45 bits per heavy atom. The smallest absolute Gasteiger partial charge is 0.262 e. The van der Waals surface area contributed by atoms with E-state index in [0.29, 0.717) is 40.9 Å². The zero-order chi connectivity index (χ0) is 21.8. The summed E-state index contributed by atoms with van der Waals surface area (Å²) >= 11 is 0. The first kappa shape index (κ1) is 20.5. The molecule has 1 aliphatic heterocycles. The maximum Gasteiger partial charge on any atom is 0.262 e. The Hall–Kier alpha value is -3.73. The molecule has 0 bridgehead atoms. The van der Waals surface area contributed by atoms with Crippen molar-refractivity contribution in [2.24, 2.45) is 0 Å². The number of nitrogens with zero attached hydrogens (tertiary/aromatic N) is 1. The normalized spacial score (nSPS) is 13.8. The van der Waals surface area contributed by atoms with Crippen LogP contribution in [0.3, 0.4) is 0 Å². The van der Waals surface area contributed by atoms with Crippen LogP contribution in [0, 0.1) is 5.82 Å². The van der Waals surface area contributed by atoms with Crippen molar-refractivity contribution in [3.05, 3.63) is 107 Å². The van der Waals surface area contributed by atoms with Crippen LogP contribution in [-0.4, -0.2) is 23.8 Å². The molecule has 156 valence electrons. The van der Waals surface area contributed by atoms with E-state index in [9.17, 15) is 14.0 Å². The number of ether oxygens (including phenoxy) is 1. The van der Waals surface area contributed by atoms with Gasteiger partial charge in [0.15, 0.2) is 0 Å². The number of carbonyl (C=O) groups is 2. The molecule has 31 heavy (non-hydrogen) atoms. The van der Waals surface area contributed by atoms with Crippen molar-refractivity contribution in [3.63, 3.8) is 0 Å². The summed E-state index contributed by atoms with van der Waals surface area (Å²) in [6.45, 7) is 0.104. The summed E-state index contributed by atoms with van der Waals surface area (Å²) in [7, 11) is 1.58. The van der Waals surface area contributed by atoms with E-state index in [-0.39, 0.29) is 24.2 Å². The first-order chi connectivity index (χ1) is 15.1. The van der Waals surface area contributed by atoms with Crippen molar-refractivity contribution in [3.8, 4) is 5.75 Å². The lowest BCUT2D eigenvalue weighted by atomic mass is 9.97. The number of benzene rings is 3. The Labute approximate surface area is 180 Å². The summed E-state index contributed by atoms with van der Waals surface area (Å²) < 4.78 is 18.5. The van der Waals surface area contributed by atoms with Crippen LogP contribution in [-0.2, 0) is 22.6 Å². The van der Waals surface area contributed by atoms with Crippen LogP contribution in [0.1, 0.15) is 23.1 Å². The molecular weight excluding hydrogens is 393 g/mol. The summed E-state index contributed by atoms with van der Waals surface area (Å²) in [6.07, 6.45) is 1.11. The van der Waals surface area contributed by atoms with Gasteiger partial charge in [-0.05, 0) is 53.8 Å². The van der Waals surface area contributed by atoms with E-state index in [1.165, 1.54) is 17.0 Å². The van der Waals surface area contributed by atoms with Gasteiger partial charge in [-0.2, -0.15) is 0 Å². The van der Waals surface area contributed by atoms with E-state index < -0.39 is 0 Å². The molecule has 0 spiro atoms. The Balaban J connectivity index is 1.66. The Kier molecular flexibility index (Phi) is 5.94. The number of imide groups is 1. The second-order valence-electron chi connectivity index (χ2n) is 7.39. The third-order valence-corrected chi connectivity index (χ3v) is 5.40. The van der Waals surface area contributed by atoms with Crippen LogP contribution in [0.2, 0.25) is 0 Å². The van der Waals surface area contributed by atoms with Crippen LogP contribution in [0.5, 0.6) is 5.75 Å². The van der Waals surface area contributed by atoms with Gasteiger partial charge in [-0.15, -0.1) is 0 Å². The van der Waals surface area contributed by atoms with Gasteiger partial charge in [0.25, 0.3) is 11.8 Å². The largest absolute Gasteiger partial charge is 0.497 e. The number of aryl methyl sites for hydroxylation is 1. The zero-order valence-electron chi connectivity index (χ0n) is 17.2. The second-order valence-corrected chi connectivity index (χ2v) is 7.39. The number of carbonyl (C=O) groups excluding carboxylic acids is 2. The molecule has 4 nitrogen and oxygen atoms in total. The minimum Gasteiger partial charge on any atom is -0.497 e. The molecule has 3 aromatic rings. The molecule has 0 unspecified atom stereocenters. The third-order valence-electron chi connectivity index (χ3n) is 5.40. The van der Waals surface area contributed by atoms with E-state index in [1.807, 2.05) is 30.3 Å². The first-order valence-corrected chi connectivity index (χ1v) is 10.1. The van der Waals surface area contributed by atoms with E-state index in [2.05, 4.69) is 0 Å². The molecule has 0 aliphatic carbocycles. The SMILES string of the molecule is COc1ccc(C2=C(CCc3ccccc3)C(=O)N(Cc3ccc(F)cc3)C2=O)cc1. The molecule has 4 rings (SSSR count). The molecule has 0 N–H and O–H groups in total. The van der Waals surface area contributed by atoms with Crippen LogP contribution >= 0.6 is 0 Å². The molecule has 1 aliphatic rings. The quantitative estimate of drug-likeness (QED) is 0.521. The Bertz CT molecular complexity index is 1120. The molecule has 0 saturated carbocycles. The summed E-state index contributed by atoms with van der Waals surface area (Å²) in [5.41, 5.74) is 3.40. The van der Waals surface area contributed by atoms with Gasteiger partial charge in [-0.25, -0.2) is 4.39 Å². The molecule has 5 heteroatoms. The molecule has 0 saturated heterocycles. The van der Waals surface area contributed by atoms with E-state index in [4.69, 9.17) is 4.74 Å². The highest BCUT2D eigenvalue weighted by Crippen LogP contribution is 2.33. The monoisotopic (exact) mass is 415 g/mol. The van der Waals surface area contributed by atoms with Crippen LogP contribution in [0.4, 0.5) is 4.39 Å². The van der Waals surface area contributed by atoms with Crippen molar-refractivity contribution in [1.82, 2.24) is 4.90 Å². The highest BCUT2D eigenvalue weighted by Gasteiger charge is 2.38. The number of halogens is 1. The maximum absolute atomic E-state index is 13.3. The summed E-state index contributed by atoms with van der Waals surface area (Å²) in [5.74, 6) is -0.308. The maximum atomic E-state index is 13.3. The zero-order valence-corrected chi connectivity index (χ0v) is 17.2. The first-order valence-electron chi connectivity index (χ1n) is 10.1. The molecular formula is C26H22FNO3. The van der Waals surface area contributed by atoms with Gasteiger partial charge < -0.3 is 4.74 Å². The minimum atomic E-state index is -0.358. The lowest BCUT2D eigenvalue weighted by Gasteiger charge is -2.15. The fourth-order valence-corrected chi connectivity index (χ4v) is 3.74. The van der Waals surface area contributed by atoms with Gasteiger partial charge in [-0.3, -0.25) is 14.5 Å². The molecule has 2 amide bonds. The van der Waals surface area contributed by atoms with Gasteiger partial charge in [-0.1, -0.05) is 54.6 Å². The molecule has 0 atom stereocenters. The lowest BCUT2D eigenvalue weighted by molar-refractivity contribution is -0.137. The molecule has 1 heterocycles. The molecule has 0 radical (unpaired) electrons. The Morgan fingerprint density at radius 1 is 0.774 bits per heavy atom. The predicted octanol–water partition coefficient (Wildman–Crippen LogP) is 4.79. The Morgan fingerprint density at radius 3 is 2.10 bits per heavy atom. The lowest BCUT2D eigenvalue weighted by Crippen LogP contribution is -2.31. The second kappa shape index (κ2) is 8.96. The average molecular weight is 415 g/mol. The van der Waals surface area contributed by atoms with E-state index in [0.717, 1.165) is 5.56 Å². The predicted molar refractivity (Wildman–Crippen MR) is 117 cm³/mol. The van der Waals surface area contributed by atoms with Gasteiger partial charge in [0.1, 0.15) is 11.6 Å². The number of hydrogen-bond donors (Lipinski definition) is 0. The molecule has 0 aromatic heterocycles. The summed E-state index contributed by atoms with van der Waals surface area (Å²) in [6, 6.07) is 22.8. The summed E-state index contributed by atoms with van der Waals surface area (Å²) in [5, 5.41) is 0. The van der Waals surface area contributed by atoms with Crippen molar-refractivity contribution >= 4 is 17.4 Å². The molecule has 0 fully saturated rings.